The van der Waals surface area contributed by atoms with Gasteiger partial charge in [0.25, 0.3) is 0 Å². The van der Waals surface area contributed by atoms with Crippen LogP contribution in [0.15, 0.2) is 0 Å². The van der Waals surface area contributed by atoms with Gasteiger partial charge in [0.15, 0.2) is 8.60 Å². The van der Waals surface area contributed by atoms with Crippen LogP contribution in [-0.4, -0.2) is 23.8 Å². The van der Waals surface area contributed by atoms with E-state index in [1.54, 1.807) is 5.06 Å². The fourth-order valence-electron chi connectivity index (χ4n) is 1.04. The topological polar surface area (TPSA) is 77.8 Å². The zero-order valence-electron chi connectivity index (χ0n) is 10.0. The third-order valence-electron chi connectivity index (χ3n) is 1.59. The zero-order valence-corrected chi connectivity index (χ0v) is 10.9. The second-order valence-electron chi connectivity index (χ2n) is 3.66. The molecule has 94 valence electrons. The molecule has 0 fully saturated rings. The van der Waals surface area contributed by atoms with Crippen LogP contribution in [0.25, 0.3) is 0 Å². The summed E-state index contributed by atoms with van der Waals surface area (Å²) < 4.78 is 9.54. The fraction of sp³-hybridized carbons (Fsp3) is 0.889. The zero-order chi connectivity index (χ0) is 12.6. The molecular weight excluding hydrogens is 231 g/mol. The van der Waals surface area contributed by atoms with Gasteiger partial charge in [-0.25, -0.2) is 4.89 Å². The van der Waals surface area contributed by atoms with E-state index in [0.29, 0.717) is 0 Å². The molecule has 0 amide bonds. The van der Waals surface area contributed by atoms with E-state index >= 15 is 0 Å². The normalized spacial score (nSPS) is 13.4. The summed E-state index contributed by atoms with van der Waals surface area (Å²) in [7, 11) is -2.36. The molecule has 0 aromatic carbocycles. The molecule has 1 unspecified atom stereocenters. The highest BCUT2D eigenvalue weighted by atomic mass is 31.2. The van der Waals surface area contributed by atoms with Crippen molar-refractivity contribution in [3.8, 4) is 6.07 Å². The predicted molar refractivity (Wildman–Crippen MR) is 57.4 cm³/mol. The number of hydrogen-bond acceptors (Lipinski definition) is 6. The summed E-state index contributed by atoms with van der Waals surface area (Å²) in [6, 6.07) is 2.04. The standard InChI is InChI=1S/C9H18N2O4P/c1-8(2)11(9(3)4)14-16(12)15-13-7-5-6-10/h8-9H,5,7H2,1-4H3/q-1. The smallest absolute Gasteiger partial charge is 0.151 e. The number of nitriles is 1. The lowest BCUT2D eigenvalue weighted by Gasteiger charge is -2.33. The van der Waals surface area contributed by atoms with E-state index in [1.807, 2.05) is 33.8 Å². The predicted octanol–water partition coefficient (Wildman–Crippen LogP) is 1.49. The highest BCUT2D eigenvalue weighted by Crippen LogP contribution is 2.31. The summed E-state index contributed by atoms with van der Waals surface area (Å²) in [5.74, 6) is 0. The molecule has 0 heterocycles. The molecule has 0 rings (SSSR count). The Labute approximate surface area is 97.6 Å². The lowest BCUT2D eigenvalue weighted by atomic mass is 10.3. The van der Waals surface area contributed by atoms with Crippen molar-refractivity contribution in [2.45, 2.75) is 46.2 Å². The molecular formula is C9H18N2O4P-. The Hall–Kier alpha value is -0.280. The largest absolute Gasteiger partial charge is 0.782 e. The molecule has 6 nitrogen and oxygen atoms in total. The second kappa shape index (κ2) is 8.82. The maximum atomic E-state index is 11.3. The first-order chi connectivity index (χ1) is 7.49. The lowest BCUT2D eigenvalue weighted by molar-refractivity contribution is -0.310. The monoisotopic (exact) mass is 249 g/mol. The van der Waals surface area contributed by atoms with Crippen molar-refractivity contribution in [2.24, 2.45) is 0 Å². The molecule has 0 saturated heterocycles. The van der Waals surface area contributed by atoms with Crippen molar-refractivity contribution in [1.82, 2.24) is 5.06 Å². The molecule has 7 heteroatoms. The van der Waals surface area contributed by atoms with Crippen molar-refractivity contribution in [3.05, 3.63) is 0 Å². The maximum Gasteiger partial charge on any atom is 0.151 e. The molecule has 0 N–H and O–H groups in total. The van der Waals surface area contributed by atoms with Gasteiger partial charge in [-0.05, 0) is 27.7 Å². The van der Waals surface area contributed by atoms with Gasteiger partial charge in [-0.3, -0.25) is 4.62 Å². The third kappa shape index (κ3) is 7.07. The van der Waals surface area contributed by atoms with Crippen LogP contribution in [0.5, 0.6) is 0 Å². The lowest BCUT2D eigenvalue weighted by Crippen LogP contribution is -2.36. The van der Waals surface area contributed by atoms with Gasteiger partial charge in [-0.1, -0.05) is 0 Å². The highest BCUT2D eigenvalue weighted by molar-refractivity contribution is 7.38. The Bertz CT molecular complexity index is 212. The Morgan fingerprint density at radius 3 is 2.31 bits per heavy atom. The van der Waals surface area contributed by atoms with Gasteiger partial charge in [-0.15, -0.1) is 0 Å². The van der Waals surface area contributed by atoms with Gasteiger partial charge in [0.1, 0.15) is 0 Å². The molecule has 0 aliphatic carbocycles. The summed E-state index contributed by atoms with van der Waals surface area (Å²) in [6.45, 7) is 7.74. The van der Waals surface area contributed by atoms with Gasteiger partial charge in [0.2, 0.25) is 0 Å². The molecule has 1 atom stereocenters. The van der Waals surface area contributed by atoms with E-state index in [0.717, 1.165) is 0 Å². The molecule has 0 radical (unpaired) electrons. The van der Waals surface area contributed by atoms with Gasteiger partial charge >= 0.3 is 0 Å². The summed E-state index contributed by atoms with van der Waals surface area (Å²) in [4.78, 5) is 15.8. The van der Waals surface area contributed by atoms with Gasteiger partial charge in [0, 0.05) is 12.1 Å². The Kier molecular flexibility index (Phi) is 8.67. The minimum absolute atomic E-state index is 0.0737. The SMILES string of the molecule is CC(C)N(OP([O-])OOCCC#N)C(C)C. The molecule has 0 aliphatic rings. The molecule has 0 aromatic rings. The van der Waals surface area contributed by atoms with Crippen molar-refractivity contribution in [3.63, 3.8) is 0 Å². The first-order valence-electron chi connectivity index (χ1n) is 5.09. The van der Waals surface area contributed by atoms with Crippen LogP contribution in [0, 0.1) is 11.3 Å². The first-order valence-corrected chi connectivity index (χ1v) is 6.18. The van der Waals surface area contributed by atoms with Gasteiger partial charge < -0.3 is 4.89 Å². The van der Waals surface area contributed by atoms with E-state index < -0.39 is 8.60 Å². The maximum absolute atomic E-state index is 11.3. The Balaban J connectivity index is 3.83. The first kappa shape index (κ1) is 15.7. The highest BCUT2D eigenvalue weighted by Gasteiger charge is 2.16. The van der Waals surface area contributed by atoms with Crippen LogP contribution in [0.2, 0.25) is 0 Å². The van der Waals surface area contributed by atoms with Crippen molar-refractivity contribution >= 4 is 8.60 Å². The minimum atomic E-state index is -2.36. The number of nitrogens with zero attached hydrogens (tertiary/aromatic N) is 2. The van der Waals surface area contributed by atoms with E-state index in [4.69, 9.17) is 9.89 Å². The molecule has 0 bridgehead atoms. The summed E-state index contributed by atoms with van der Waals surface area (Å²) >= 11 is 0. The number of hydroxylamine groups is 2. The average Bonchev–Trinajstić information content (AvgIpc) is 2.20. The van der Waals surface area contributed by atoms with Crippen molar-refractivity contribution < 1.29 is 19.1 Å². The van der Waals surface area contributed by atoms with Crippen LogP contribution in [0.3, 0.4) is 0 Å². The average molecular weight is 249 g/mol. The molecule has 16 heavy (non-hydrogen) atoms. The minimum Gasteiger partial charge on any atom is -0.782 e. The Morgan fingerprint density at radius 2 is 1.88 bits per heavy atom. The molecule has 0 aliphatic heterocycles. The molecule has 0 saturated carbocycles. The van der Waals surface area contributed by atoms with Crippen LogP contribution >= 0.6 is 8.60 Å². The Morgan fingerprint density at radius 1 is 1.31 bits per heavy atom. The summed E-state index contributed by atoms with van der Waals surface area (Å²) in [5, 5.41) is 9.79. The number of rotatable bonds is 8. The van der Waals surface area contributed by atoms with E-state index in [9.17, 15) is 4.89 Å². The number of hydrogen-bond donors (Lipinski definition) is 0. The van der Waals surface area contributed by atoms with Crippen LogP contribution < -0.4 is 4.89 Å². The van der Waals surface area contributed by atoms with Gasteiger partial charge in [-0.2, -0.15) is 15.0 Å². The summed E-state index contributed by atoms with van der Waals surface area (Å²) in [5.41, 5.74) is 0. The molecule has 0 aromatic heterocycles. The summed E-state index contributed by atoms with van der Waals surface area (Å²) in [6.07, 6.45) is 0.182. The van der Waals surface area contributed by atoms with Gasteiger partial charge in [0.05, 0.1) is 19.1 Å². The fourth-order valence-corrected chi connectivity index (χ4v) is 1.76. The quantitative estimate of drug-likeness (QED) is 0.280. The van der Waals surface area contributed by atoms with E-state index in [2.05, 4.69) is 9.56 Å². The third-order valence-corrected chi connectivity index (χ3v) is 2.14. The molecule has 0 spiro atoms. The van der Waals surface area contributed by atoms with Crippen LogP contribution in [0.4, 0.5) is 0 Å². The second-order valence-corrected chi connectivity index (χ2v) is 4.42. The van der Waals surface area contributed by atoms with Crippen LogP contribution in [0.1, 0.15) is 34.1 Å². The van der Waals surface area contributed by atoms with Crippen molar-refractivity contribution in [1.29, 1.82) is 5.26 Å². The van der Waals surface area contributed by atoms with E-state index in [1.165, 1.54) is 0 Å². The van der Waals surface area contributed by atoms with Crippen LogP contribution in [-0.2, 0) is 14.2 Å². The van der Waals surface area contributed by atoms with Crippen molar-refractivity contribution in [2.75, 3.05) is 6.61 Å². The van der Waals surface area contributed by atoms with E-state index in [-0.39, 0.29) is 25.1 Å².